The fourth-order valence-electron chi connectivity index (χ4n) is 4.15. The van der Waals surface area contributed by atoms with Gasteiger partial charge in [0.05, 0.1) is 18.6 Å². The van der Waals surface area contributed by atoms with Crippen LogP contribution >= 0.6 is 0 Å². The van der Waals surface area contributed by atoms with Gasteiger partial charge in [-0.25, -0.2) is 4.98 Å². The molecule has 1 aliphatic rings. The van der Waals surface area contributed by atoms with Gasteiger partial charge in [0.2, 0.25) is 5.75 Å². The number of aromatic hydroxyl groups is 1. The Morgan fingerprint density at radius 2 is 1.82 bits per heavy atom. The fraction of sp³-hybridized carbons (Fsp3) is 0.333. The number of hydrogen-bond acceptors (Lipinski definition) is 6. The standard InChI is InChI=1S/C27H30N4O3/c1-31-13-12-24(16-31)28-15-21-6-4-19(5-7-21)2-3-20-8-10-22(11-9-20)23(17-32)14-25-26(33)27(34)30-18-29-25/h4-11,18,23-24,28,32-33H,12-17H2,1H3,(H,29,30,34). The van der Waals surface area contributed by atoms with E-state index >= 15 is 0 Å². The van der Waals surface area contributed by atoms with Crippen LogP contribution in [0.3, 0.4) is 0 Å². The van der Waals surface area contributed by atoms with E-state index in [4.69, 9.17) is 0 Å². The number of likely N-dealkylation sites (tertiary alicyclic amines) is 1. The van der Waals surface area contributed by atoms with Gasteiger partial charge in [0, 0.05) is 42.6 Å². The van der Waals surface area contributed by atoms with Crippen LogP contribution in [-0.2, 0) is 13.0 Å². The second kappa shape index (κ2) is 11.1. The third-order valence-electron chi connectivity index (χ3n) is 6.24. The van der Waals surface area contributed by atoms with Crippen molar-refractivity contribution in [3.05, 3.63) is 93.2 Å². The summed E-state index contributed by atoms with van der Waals surface area (Å²) < 4.78 is 0. The molecule has 176 valence electrons. The number of aliphatic hydroxyl groups excluding tert-OH is 1. The van der Waals surface area contributed by atoms with Crippen LogP contribution in [0.25, 0.3) is 0 Å². The molecule has 7 nitrogen and oxygen atoms in total. The number of aromatic nitrogens is 2. The van der Waals surface area contributed by atoms with E-state index in [1.165, 1.54) is 18.3 Å². The van der Waals surface area contributed by atoms with Gasteiger partial charge in [-0.05, 0) is 55.4 Å². The smallest absolute Gasteiger partial charge is 0.293 e. The van der Waals surface area contributed by atoms with E-state index in [1.54, 1.807) is 0 Å². The first-order valence-corrected chi connectivity index (χ1v) is 11.5. The number of aromatic amines is 1. The fourth-order valence-corrected chi connectivity index (χ4v) is 4.15. The largest absolute Gasteiger partial charge is 0.502 e. The van der Waals surface area contributed by atoms with Crippen molar-refractivity contribution in [1.82, 2.24) is 20.2 Å². The average Bonchev–Trinajstić information content (AvgIpc) is 3.28. The summed E-state index contributed by atoms with van der Waals surface area (Å²) in [6.45, 7) is 3.00. The highest BCUT2D eigenvalue weighted by molar-refractivity contribution is 5.44. The normalized spacial score (nSPS) is 16.7. The SMILES string of the molecule is CN1CCC(NCc2ccc(C#Cc3ccc(C(CO)Cc4nc[nH]c(=O)c4O)cc3)cc2)C1. The zero-order chi connectivity index (χ0) is 23.9. The Bertz CT molecular complexity index is 1210. The third kappa shape index (κ3) is 6.12. The topological polar surface area (TPSA) is 101 Å². The summed E-state index contributed by atoms with van der Waals surface area (Å²) >= 11 is 0. The van der Waals surface area contributed by atoms with Crippen molar-refractivity contribution >= 4 is 0 Å². The molecular formula is C27H30N4O3. The van der Waals surface area contributed by atoms with E-state index in [-0.39, 0.29) is 24.6 Å². The number of nitrogens with one attached hydrogen (secondary N) is 2. The molecule has 1 aromatic heterocycles. The highest BCUT2D eigenvalue weighted by atomic mass is 16.3. The van der Waals surface area contributed by atoms with Crippen molar-refractivity contribution < 1.29 is 10.2 Å². The van der Waals surface area contributed by atoms with E-state index in [0.717, 1.165) is 36.3 Å². The maximum absolute atomic E-state index is 11.6. The first-order chi connectivity index (χ1) is 16.5. The number of rotatable bonds is 7. The number of hydrogen-bond donors (Lipinski definition) is 4. The summed E-state index contributed by atoms with van der Waals surface area (Å²) in [5.74, 6) is 5.69. The predicted octanol–water partition coefficient (Wildman–Crippen LogP) is 1.99. The lowest BCUT2D eigenvalue weighted by Crippen LogP contribution is -2.30. The first-order valence-electron chi connectivity index (χ1n) is 11.5. The molecule has 4 rings (SSSR count). The second-order valence-electron chi connectivity index (χ2n) is 8.81. The lowest BCUT2D eigenvalue weighted by atomic mass is 9.94. The van der Waals surface area contributed by atoms with Crippen LogP contribution in [0, 0.1) is 11.8 Å². The minimum Gasteiger partial charge on any atom is -0.502 e. The number of likely N-dealkylation sites (N-methyl/N-ethyl adjacent to an activating group) is 1. The van der Waals surface area contributed by atoms with Gasteiger partial charge in [-0.1, -0.05) is 36.1 Å². The monoisotopic (exact) mass is 458 g/mol. The van der Waals surface area contributed by atoms with Crippen LogP contribution in [0.1, 0.15) is 40.3 Å². The third-order valence-corrected chi connectivity index (χ3v) is 6.24. The molecule has 0 saturated carbocycles. The van der Waals surface area contributed by atoms with Crippen LogP contribution in [0.15, 0.2) is 59.7 Å². The zero-order valence-corrected chi connectivity index (χ0v) is 19.3. The summed E-state index contributed by atoms with van der Waals surface area (Å²) in [5.41, 5.74) is 3.64. The predicted molar refractivity (Wildman–Crippen MR) is 132 cm³/mol. The van der Waals surface area contributed by atoms with Gasteiger partial charge in [-0.15, -0.1) is 0 Å². The molecule has 2 heterocycles. The Balaban J connectivity index is 1.35. The zero-order valence-electron chi connectivity index (χ0n) is 19.3. The van der Waals surface area contributed by atoms with Gasteiger partial charge in [0.1, 0.15) is 0 Å². The summed E-state index contributed by atoms with van der Waals surface area (Å²) in [7, 11) is 2.16. The second-order valence-corrected chi connectivity index (χ2v) is 8.81. The Morgan fingerprint density at radius 1 is 1.15 bits per heavy atom. The van der Waals surface area contributed by atoms with Crippen LogP contribution in [0.4, 0.5) is 0 Å². The Labute approximate surface area is 199 Å². The number of aliphatic hydroxyl groups is 1. The number of benzene rings is 2. The highest BCUT2D eigenvalue weighted by Gasteiger charge is 2.18. The number of H-pyrrole nitrogens is 1. The number of nitrogens with zero attached hydrogens (tertiary/aromatic N) is 2. The molecule has 0 amide bonds. The molecule has 2 aromatic carbocycles. The maximum Gasteiger partial charge on any atom is 0.293 e. The van der Waals surface area contributed by atoms with Gasteiger partial charge in [0.25, 0.3) is 5.56 Å². The minimum atomic E-state index is -0.585. The van der Waals surface area contributed by atoms with Crippen molar-refractivity contribution in [1.29, 1.82) is 0 Å². The Kier molecular flexibility index (Phi) is 7.76. The molecule has 1 fully saturated rings. The molecule has 34 heavy (non-hydrogen) atoms. The maximum atomic E-state index is 11.6. The van der Waals surface area contributed by atoms with Crippen LogP contribution in [-0.4, -0.2) is 57.9 Å². The van der Waals surface area contributed by atoms with Crippen molar-refractivity contribution in [2.75, 3.05) is 26.7 Å². The highest BCUT2D eigenvalue weighted by Crippen LogP contribution is 2.22. The lowest BCUT2D eigenvalue weighted by Gasteiger charge is -2.14. The minimum absolute atomic E-state index is 0.127. The van der Waals surface area contributed by atoms with Gasteiger partial charge in [-0.3, -0.25) is 4.79 Å². The molecule has 2 atom stereocenters. The summed E-state index contributed by atoms with van der Waals surface area (Å²) in [6.07, 6.45) is 2.71. The van der Waals surface area contributed by atoms with E-state index in [2.05, 4.69) is 51.2 Å². The van der Waals surface area contributed by atoms with E-state index in [0.29, 0.717) is 6.04 Å². The molecule has 1 aliphatic heterocycles. The van der Waals surface area contributed by atoms with Crippen molar-refractivity contribution in [2.45, 2.75) is 31.3 Å². The van der Waals surface area contributed by atoms with Crippen molar-refractivity contribution in [3.8, 4) is 17.6 Å². The van der Waals surface area contributed by atoms with Gasteiger partial charge >= 0.3 is 0 Å². The van der Waals surface area contributed by atoms with Gasteiger partial charge in [0.15, 0.2) is 0 Å². The first kappa shape index (κ1) is 23.7. The van der Waals surface area contributed by atoms with E-state index in [1.807, 2.05) is 36.4 Å². The quantitative estimate of drug-likeness (QED) is 0.404. The van der Waals surface area contributed by atoms with Crippen molar-refractivity contribution in [3.63, 3.8) is 0 Å². The molecule has 2 unspecified atom stereocenters. The van der Waals surface area contributed by atoms with Crippen LogP contribution in [0.5, 0.6) is 5.75 Å². The van der Waals surface area contributed by atoms with Gasteiger partial charge in [-0.2, -0.15) is 0 Å². The average molecular weight is 459 g/mol. The molecule has 1 saturated heterocycles. The van der Waals surface area contributed by atoms with Crippen LogP contribution < -0.4 is 10.9 Å². The molecular weight excluding hydrogens is 428 g/mol. The Hall–Kier alpha value is -3.44. The molecule has 3 aromatic rings. The van der Waals surface area contributed by atoms with Crippen LogP contribution in [0.2, 0.25) is 0 Å². The summed E-state index contributed by atoms with van der Waals surface area (Å²) in [4.78, 5) is 20.3. The molecule has 0 radical (unpaired) electrons. The van der Waals surface area contributed by atoms with Gasteiger partial charge < -0.3 is 25.4 Å². The molecule has 7 heteroatoms. The lowest BCUT2D eigenvalue weighted by molar-refractivity contribution is 0.263. The van der Waals surface area contributed by atoms with Crippen molar-refractivity contribution in [2.24, 2.45) is 0 Å². The summed E-state index contributed by atoms with van der Waals surface area (Å²) in [6, 6.07) is 16.5. The molecule has 0 bridgehead atoms. The van der Waals surface area contributed by atoms with E-state index in [9.17, 15) is 15.0 Å². The summed E-state index contributed by atoms with van der Waals surface area (Å²) in [5, 5.41) is 23.3. The molecule has 0 spiro atoms. The van der Waals surface area contributed by atoms with E-state index < -0.39 is 11.3 Å². The molecule has 4 N–H and O–H groups in total. The molecule has 0 aliphatic carbocycles. The Morgan fingerprint density at radius 3 is 2.44 bits per heavy atom.